The molecule has 1 aromatic rings. The Kier molecular flexibility index (Phi) is 2.28. The number of hydrogen-bond donors (Lipinski definition) is 0. The number of carbonyl (C=O) groups is 2. The van der Waals surface area contributed by atoms with Crippen molar-refractivity contribution >= 4 is 11.8 Å². The summed E-state index contributed by atoms with van der Waals surface area (Å²) in [4.78, 5) is 21.6. The van der Waals surface area contributed by atoms with Gasteiger partial charge in [-0.2, -0.15) is 0 Å². The smallest absolute Gasteiger partial charge is 0.341 e. The molecular weight excluding hydrogens is 160 g/mol. The molecule has 0 N–H and O–H groups in total. The highest BCUT2D eigenvalue weighted by molar-refractivity contribution is 5.95. The molecule has 0 aliphatic carbocycles. The molecule has 0 saturated heterocycles. The van der Waals surface area contributed by atoms with Crippen molar-refractivity contribution in [2.24, 2.45) is 0 Å². The van der Waals surface area contributed by atoms with Crippen LogP contribution in [0.25, 0.3) is 0 Å². The lowest BCUT2D eigenvalue weighted by Crippen LogP contribution is -1.98. The first-order valence-corrected chi connectivity index (χ1v) is 3.33. The zero-order chi connectivity index (χ0) is 9.14. The van der Waals surface area contributed by atoms with E-state index in [4.69, 9.17) is 4.42 Å². The zero-order valence-electron chi connectivity index (χ0n) is 6.79. The molecule has 64 valence electrons. The van der Waals surface area contributed by atoms with Crippen LogP contribution in [-0.4, -0.2) is 18.9 Å². The number of carbonyl (C=O) groups excluding carboxylic acids is 2. The Hall–Kier alpha value is -1.58. The molecule has 4 heteroatoms. The second-order valence-electron chi connectivity index (χ2n) is 2.25. The van der Waals surface area contributed by atoms with Gasteiger partial charge in [-0.25, -0.2) is 4.79 Å². The summed E-state index contributed by atoms with van der Waals surface area (Å²) >= 11 is 0. The van der Waals surface area contributed by atoms with Crippen molar-refractivity contribution in [2.45, 2.75) is 6.92 Å². The van der Waals surface area contributed by atoms with Gasteiger partial charge in [-0.15, -0.1) is 0 Å². The number of methoxy groups -OCH3 is 1. The van der Waals surface area contributed by atoms with Crippen molar-refractivity contribution < 1.29 is 18.7 Å². The highest BCUT2D eigenvalue weighted by Crippen LogP contribution is 2.08. The predicted molar refractivity (Wildman–Crippen MR) is 40.1 cm³/mol. The molecule has 0 amide bonds. The standard InChI is InChI=1S/C8H8O4/c1-5(9)7-3-6(4-12-7)8(10)11-2/h3-4H,1-2H3. The molecule has 0 unspecified atom stereocenters. The second kappa shape index (κ2) is 3.21. The number of ether oxygens (including phenoxy) is 1. The molecule has 0 aliphatic heterocycles. The minimum atomic E-state index is -0.508. The molecule has 1 aromatic heterocycles. The lowest BCUT2D eigenvalue weighted by Gasteiger charge is -1.89. The fourth-order valence-corrected chi connectivity index (χ4v) is 0.746. The van der Waals surface area contributed by atoms with Crippen molar-refractivity contribution in [3.8, 4) is 0 Å². The summed E-state index contributed by atoms with van der Waals surface area (Å²) in [6, 6.07) is 1.36. The Balaban J connectivity index is 2.91. The first kappa shape index (κ1) is 8.52. The number of Topliss-reactive ketones (excluding diaryl/α,β-unsaturated/α-hetero) is 1. The van der Waals surface area contributed by atoms with E-state index in [2.05, 4.69) is 4.74 Å². The highest BCUT2D eigenvalue weighted by Gasteiger charge is 2.11. The van der Waals surface area contributed by atoms with E-state index >= 15 is 0 Å². The maximum Gasteiger partial charge on any atom is 0.341 e. The van der Waals surface area contributed by atoms with Crippen LogP contribution in [0.4, 0.5) is 0 Å². The van der Waals surface area contributed by atoms with E-state index in [1.165, 1.54) is 26.4 Å². The highest BCUT2D eigenvalue weighted by atomic mass is 16.5. The maximum absolute atomic E-state index is 10.9. The van der Waals surface area contributed by atoms with E-state index in [0.29, 0.717) is 0 Å². The normalized spacial score (nSPS) is 9.50. The summed E-state index contributed by atoms with van der Waals surface area (Å²) in [5.74, 6) is -0.563. The van der Waals surface area contributed by atoms with Crippen LogP contribution in [0, 0.1) is 0 Å². The topological polar surface area (TPSA) is 56.5 Å². The molecule has 0 saturated carbocycles. The van der Waals surface area contributed by atoms with Gasteiger partial charge in [0.25, 0.3) is 0 Å². The minimum absolute atomic E-state index is 0.162. The predicted octanol–water partition coefficient (Wildman–Crippen LogP) is 1.27. The fourth-order valence-electron chi connectivity index (χ4n) is 0.746. The van der Waals surface area contributed by atoms with Crippen LogP contribution in [-0.2, 0) is 4.74 Å². The van der Waals surface area contributed by atoms with Gasteiger partial charge in [0.15, 0.2) is 11.5 Å². The lowest BCUT2D eigenvalue weighted by molar-refractivity contribution is 0.0600. The summed E-state index contributed by atoms with van der Waals surface area (Å²) in [5.41, 5.74) is 0.253. The molecule has 0 aliphatic rings. The summed E-state index contributed by atoms with van der Waals surface area (Å²) in [6.07, 6.45) is 1.20. The number of furan rings is 1. The van der Waals surface area contributed by atoms with Crippen molar-refractivity contribution in [1.82, 2.24) is 0 Å². The Labute approximate surface area is 69.1 Å². The molecule has 0 spiro atoms. The van der Waals surface area contributed by atoms with Gasteiger partial charge in [0.2, 0.25) is 0 Å². The first-order valence-electron chi connectivity index (χ1n) is 3.33. The SMILES string of the molecule is COC(=O)c1coc(C(C)=O)c1. The Morgan fingerprint density at radius 1 is 1.50 bits per heavy atom. The summed E-state index contributed by atoms with van der Waals surface area (Å²) in [5, 5.41) is 0. The molecule has 0 radical (unpaired) electrons. The third kappa shape index (κ3) is 1.53. The average Bonchev–Trinajstić information content (AvgIpc) is 2.51. The van der Waals surface area contributed by atoms with Gasteiger partial charge in [-0.05, 0) is 0 Å². The zero-order valence-corrected chi connectivity index (χ0v) is 6.79. The van der Waals surface area contributed by atoms with Gasteiger partial charge in [0.05, 0.1) is 12.7 Å². The molecular formula is C8H8O4. The van der Waals surface area contributed by atoms with Gasteiger partial charge in [0, 0.05) is 13.0 Å². The van der Waals surface area contributed by atoms with E-state index in [1.54, 1.807) is 0 Å². The van der Waals surface area contributed by atoms with Gasteiger partial charge in [-0.3, -0.25) is 4.79 Å². The van der Waals surface area contributed by atoms with E-state index in [1.807, 2.05) is 0 Å². The molecule has 1 heterocycles. The Morgan fingerprint density at radius 2 is 2.17 bits per heavy atom. The van der Waals surface area contributed by atoms with Gasteiger partial charge < -0.3 is 9.15 Å². The van der Waals surface area contributed by atoms with Crippen LogP contribution in [0.3, 0.4) is 0 Å². The molecule has 12 heavy (non-hydrogen) atoms. The van der Waals surface area contributed by atoms with Crippen LogP contribution in [0.5, 0.6) is 0 Å². The minimum Gasteiger partial charge on any atom is -0.465 e. The number of ketones is 1. The Bertz CT molecular complexity index is 311. The van der Waals surface area contributed by atoms with E-state index < -0.39 is 5.97 Å². The summed E-state index contributed by atoms with van der Waals surface area (Å²) in [7, 11) is 1.27. The van der Waals surface area contributed by atoms with Crippen LogP contribution in [0.2, 0.25) is 0 Å². The molecule has 0 atom stereocenters. The van der Waals surface area contributed by atoms with E-state index in [9.17, 15) is 9.59 Å². The number of hydrogen-bond acceptors (Lipinski definition) is 4. The molecule has 4 nitrogen and oxygen atoms in total. The summed E-state index contributed by atoms with van der Waals surface area (Å²) in [6.45, 7) is 1.36. The quantitative estimate of drug-likeness (QED) is 0.492. The van der Waals surface area contributed by atoms with Crippen molar-refractivity contribution in [1.29, 1.82) is 0 Å². The van der Waals surface area contributed by atoms with Crippen molar-refractivity contribution in [2.75, 3.05) is 7.11 Å². The van der Waals surface area contributed by atoms with E-state index in [-0.39, 0.29) is 17.1 Å². The number of esters is 1. The van der Waals surface area contributed by atoms with Crippen LogP contribution in [0.15, 0.2) is 16.7 Å². The fraction of sp³-hybridized carbons (Fsp3) is 0.250. The van der Waals surface area contributed by atoms with Crippen molar-refractivity contribution in [3.05, 3.63) is 23.7 Å². The molecule has 1 rings (SSSR count). The monoisotopic (exact) mass is 168 g/mol. The molecule has 0 bridgehead atoms. The molecule has 0 aromatic carbocycles. The average molecular weight is 168 g/mol. The third-order valence-corrected chi connectivity index (χ3v) is 1.37. The van der Waals surface area contributed by atoms with Gasteiger partial charge in [-0.1, -0.05) is 0 Å². The van der Waals surface area contributed by atoms with Crippen LogP contribution in [0.1, 0.15) is 27.8 Å². The largest absolute Gasteiger partial charge is 0.465 e. The first-order chi connectivity index (χ1) is 5.65. The third-order valence-electron chi connectivity index (χ3n) is 1.37. The van der Waals surface area contributed by atoms with E-state index in [0.717, 1.165) is 0 Å². The molecule has 0 fully saturated rings. The van der Waals surface area contributed by atoms with Gasteiger partial charge >= 0.3 is 5.97 Å². The number of rotatable bonds is 2. The Morgan fingerprint density at radius 3 is 2.58 bits per heavy atom. The van der Waals surface area contributed by atoms with Gasteiger partial charge in [0.1, 0.15) is 6.26 Å². The summed E-state index contributed by atoms with van der Waals surface area (Å²) < 4.78 is 9.22. The van der Waals surface area contributed by atoms with Crippen LogP contribution < -0.4 is 0 Å². The lowest BCUT2D eigenvalue weighted by atomic mass is 10.3. The van der Waals surface area contributed by atoms with Crippen molar-refractivity contribution in [3.63, 3.8) is 0 Å². The van der Waals surface area contributed by atoms with Crippen LogP contribution >= 0.6 is 0 Å². The maximum atomic E-state index is 10.9. The second-order valence-corrected chi connectivity index (χ2v) is 2.25.